The molecule has 0 spiro atoms. The lowest BCUT2D eigenvalue weighted by Gasteiger charge is -2.29. The number of thiol groups is 2. The van der Waals surface area contributed by atoms with E-state index in [1.54, 1.807) is 0 Å². The zero-order valence-electron chi connectivity index (χ0n) is 14.6. The van der Waals surface area contributed by atoms with E-state index in [0.29, 0.717) is 31.0 Å². The average molecular weight is 365 g/mol. The first kappa shape index (κ1) is 22.6. The van der Waals surface area contributed by atoms with Gasteiger partial charge in [-0.3, -0.25) is 9.59 Å². The monoisotopic (exact) mass is 364 g/mol. The Labute approximate surface area is 151 Å². The van der Waals surface area contributed by atoms with Crippen LogP contribution in [0.4, 0.5) is 0 Å². The Morgan fingerprint density at radius 2 is 1.30 bits per heavy atom. The molecule has 23 heavy (non-hydrogen) atoms. The molecule has 0 saturated carbocycles. The van der Waals surface area contributed by atoms with Crippen LogP contribution in [0.1, 0.15) is 52.9 Å². The highest BCUT2D eigenvalue weighted by Crippen LogP contribution is 2.31. The first-order chi connectivity index (χ1) is 11.0. The zero-order valence-corrected chi connectivity index (χ0v) is 16.4. The van der Waals surface area contributed by atoms with Gasteiger partial charge in [-0.05, 0) is 37.0 Å². The third-order valence-corrected chi connectivity index (χ3v) is 4.80. The van der Waals surface area contributed by atoms with Gasteiger partial charge in [-0.25, -0.2) is 0 Å². The average Bonchev–Trinajstić information content (AvgIpc) is 2.54. The molecule has 0 amide bonds. The number of unbranched alkanes of at least 4 members (excludes halogenated alkanes) is 1. The summed E-state index contributed by atoms with van der Waals surface area (Å²) in [6.45, 7) is 7.51. The SMILES string of the molecule is CCCCC(C(C)CCOC(=O)CS)C(C)CCOC(=O)CS. The maximum absolute atomic E-state index is 11.1. The van der Waals surface area contributed by atoms with Crippen molar-refractivity contribution in [3.63, 3.8) is 0 Å². The molecule has 4 nitrogen and oxygen atoms in total. The van der Waals surface area contributed by atoms with E-state index in [1.165, 1.54) is 12.8 Å². The van der Waals surface area contributed by atoms with Crippen molar-refractivity contribution in [2.24, 2.45) is 17.8 Å². The lowest BCUT2D eigenvalue weighted by molar-refractivity contribution is -0.141. The summed E-state index contributed by atoms with van der Waals surface area (Å²) in [7, 11) is 0. The number of hydrogen-bond acceptors (Lipinski definition) is 6. The van der Waals surface area contributed by atoms with Crippen LogP contribution in [0.15, 0.2) is 0 Å². The lowest BCUT2D eigenvalue weighted by Crippen LogP contribution is -2.23. The van der Waals surface area contributed by atoms with Gasteiger partial charge in [0.25, 0.3) is 0 Å². The Hall–Kier alpha value is -0.360. The Balaban J connectivity index is 4.34. The largest absolute Gasteiger partial charge is 0.465 e. The fourth-order valence-electron chi connectivity index (χ4n) is 2.81. The second-order valence-corrected chi connectivity index (χ2v) is 6.73. The predicted molar refractivity (Wildman–Crippen MR) is 100 cm³/mol. The molecule has 6 heteroatoms. The predicted octanol–water partition coefficient (Wildman–Crippen LogP) is 3.79. The van der Waals surface area contributed by atoms with Gasteiger partial charge >= 0.3 is 11.9 Å². The second kappa shape index (κ2) is 14.0. The number of rotatable bonds is 13. The molecule has 0 saturated heterocycles. The molecule has 0 aliphatic heterocycles. The molecule has 0 aromatic heterocycles. The maximum Gasteiger partial charge on any atom is 0.315 e. The van der Waals surface area contributed by atoms with Crippen LogP contribution in [0.25, 0.3) is 0 Å². The smallest absolute Gasteiger partial charge is 0.315 e. The molecule has 0 rings (SSSR count). The zero-order chi connectivity index (χ0) is 17.7. The maximum atomic E-state index is 11.1. The van der Waals surface area contributed by atoms with E-state index in [2.05, 4.69) is 46.0 Å². The molecule has 0 radical (unpaired) electrons. The minimum absolute atomic E-state index is 0.126. The van der Waals surface area contributed by atoms with Gasteiger partial charge in [-0.2, -0.15) is 25.3 Å². The van der Waals surface area contributed by atoms with Gasteiger partial charge in [0, 0.05) is 0 Å². The van der Waals surface area contributed by atoms with Crippen LogP contribution in [0.3, 0.4) is 0 Å². The number of carbonyl (C=O) groups is 2. The summed E-state index contributed by atoms with van der Waals surface area (Å²) in [5.41, 5.74) is 0. The third kappa shape index (κ3) is 10.9. The molecule has 2 atom stereocenters. The number of hydrogen-bond donors (Lipinski definition) is 2. The Morgan fingerprint density at radius 1 is 0.870 bits per heavy atom. The van der Waals surface area contributed by atoms with E-state index in [4.69, 9.17) is 9.47 Å². The summed E-state index contributed by atoms with van der Waals surface area (Å²) in [6.07, 6.45) is 5.22. The molecule has 0 aliphatic carbocycles. The van der Waals surface area contributed by atoms with Crippen LogP contribution >= 0.6 is 25.3 Å². The van der Waals surface area contributed by atoms with Crippen LogP contribution in [-0.4, -0.2) is 36.7 Å². The topological polar surface area (TPSA) is 52.6 Å². The summed E-state index contributed by atoms with van der Waals surface area (Å²) in [5, 5.41) is 0. The van der Waals surface area contributed by atoms with Crippen molar-refractivity contribution >= 4 is 37.2 Å². The molecule has 0 bridgehead atoms. The molecule has 0 aromatic rings. The summed E-state index contributed by atoms with van der Waals surface area (Å²) in [6, 6.07) is 0. The van der Waals surface area contributed by atoms with Crippen molar-refractivity contribution in [1.29, 1.82) is 0 Å². The highest BCUT2D eigenvalue weighted by Gasteiger charge is 2.23. The molecule has 0 aromatic carbocycles. The van der Waals surface area contributed by atoms with Gasteiger partial charge in [0.05, 0.1) is 24.7 Å². The third-order valence-electron chi connectivity index (χ3n) is 4.28. The summed E-state index contributed by atoms with van der Waals surface area (Å²) >= 11 is 7.80. The van der Waals surface area contributed by atoms with Gasteiger partial charge in [-0.15, -0.1) is 0 Å². The first-order valence-corrected chi connectivity index (χ1v) is 9.75. The van der Waals surface area contributed by atoms with Gasteiger partial charge in [0.1, 0.15) is 0 Å². The normalized spacial score (nSPS) is 14.8. The number of ether oxygens (including phenoxy) is 2. The fraction of sp³-hybridized carbons (Fsp3) is 0.882. The highest BCUT2D eigenvalue weighted by atomic mass is 32.1. The summed E-state index contributed by atoms with van der Waals surface area (Å²) < 4.78 is 10.3. The quantitative estimate of drug-likeness (QED) is 0.386. The molecular formula is C17H32O4S2. The van der Waals surface area contributed by atoms with Crippen molar-refractivity contribution in [3.05, 3.63) is 0 Å². The van der Waals surface area contributed by atoms with Crippen molar-refractivity contribution in [2.75, 3.05) is 24.7 Å². The van der Waals surface area contributed by atoms with Crippen LogP contribution in [0.5, 0.6) is 0 Å². The van der Waals surface area contributed by atoms with E-state index in [9.17, 15) is 9.59 Å². The van der Waals surface area contributed by atoms with E-state index >= 15 is 0 Å². The molecule has 0 heterocycles. The van der Waals surface area contributed by atoms with Gasteiger partial charge in [-0.1, -0.05) is 33.6 Å². The number of carbonyl (C=O) groups excluding carboxylic acids is 2. The van der Waals surface area contributed by atoms with E-state index in [-0.39, 0.29) is 23.4 Å². The molecule has 0 fully saturated rings. The Bertz CT molecular complexity index is 309. The molecule has 0 N–H and O–H groups in total. The summed E-state index contributed by atoms with van der Waals surface area (Å²) in [5.74, 6) is 1.19. The molecular weight excluding hydrogens is 332 g/mol. The van der Waals surface area contributed by atoms with Crippen LogP contribution < -0.4 is 0 Å². The second-order valence-electron chi connectivity index (χ2n) is 6.10. The standard InChI is InChI=1S/C17H32O4S2/c1-4-5-6-15(13(2)7-9-20-16(18)11-22)14(3)8-10-21-17(19)12-23/h13-15,22-23H,4-12H2,1-3H3. The van der Waals surface area contributed by atoms with Crippen LogP contribution in [0, 0.1) is 17.8 Å². The molecule has 2 unspecified atom stereocenters. The van der Waals surface area contributed by atoms with E-state index in [1.807, 2.05) is 0 Å². The van der Waals surface area contributed by atoms with Crippen molar-refractivity contribution in [1.82, 2.24) is 0 Å². The van der Waals surface area contributed by atoms with Crippen LogP contribution in [0.2, 0.25) is 0 Å². The van der Waals surface area contributed by atoms with E-state index < -0.39 is 0 Å². The lowest BCUT2D eigenvalue weighted by atomic mass is 9.77. The van der Waals surface area contributed by atoms with Gasteiger partial charge < -0.3 is 9.47 Å². The minimum Gasteiger partial charge on any atom is -0.465 e. The Kier molecular flexibility index (Phi) is 13.8. The highest BCUT2D eigenvalue weighted by molar-refractivity contribution is 7.81. The fourth-order valence-corrected chi connectivity index (χ4v) is 2.99. The van der Waals surface area contributed by atoms with Gasteiger partial charge in [0.2, 0.25) is 0 Å². The molecule has 136 valence electrons. The van der Waals surface area contributed by atoms with E-state index in [0.717, 1.165) is 19.3 Å². The molecule has 0 aliphatic rings. The summed E-state index contributed by atoms with van der Waals surface area (Å²) in [4.78, 5) is 22.3. The van der Waals surface area contributed by atoms with Crippen molar-refractivity contribution in [3.8, 4) is 0 Å². The minimum atomic E-state index is -0.266. The van der Waals surface area contributed by atoms with Crippen molar-refractivity contribution < 1.29 is 19.1 Å². The number of esters is 2. The first-order valence-electron chi connectivity index (χ1n) is 8.49. The van der Waals surface area contributed by atoms with Crippen LogP contribution in [-0.2, 0) is 19.1 Å². The van der Waals surface area contributed by atoms with Gasteiger partial charge in [0.15, 0.2) is 0 Å². The van der Waals surface area contributed by atoms with Crippen molar-refractivity contribution in [2.45, 2.75) is 52.9 Å². The Morgan fingerprint density at radius 3 is 1.65 bits per heavy atom.